The predicted octanol–water partition coefficient (Wildman–Crippen LogP) is 2.76. The first kappa shape index (κ1) is 10.6. The maximum atomic E-state index is 11.2. The van der Waals surface area contributed by atoms with Crippen LogP contribution >= 0.6 is 0 Å². The standard InChI is InChI=1S/C11H20O2/c1-5-6-7-8-9(11(2,3)4)13-10(8)12/h8-9H,5-7H2,1-4H3/t8-,9+/m0/s1. The zero-order chi connectivity index (χ0) is 10.1. The molecule has 0 saturated carbocycles. The summed E-state index contributed by atoms with van der Waals surface area (Å²) in [4.78, 5) is 11.2. The summed E-state index contributed by atoms with van der Waals surface area (Å²) in [6.07, 6.45) is 3.43. The highest BCUT2D eigenvalue weighted by Gasteiger charge is 2.47. The molecule has 2 heteroatoms. The Bertz CT molecular complexity index is 191. The topological polar surface area (TPSA) is 26.3 Å². The molecular formula is C11H20O2. The van der Waals surface area contributed by atoms with Crippen molar-refractivity contribution in [1.82, 2.24) is 0 Å². The van der Waals surface area contributed by atoms with Crippen molar-refractivity contribution in [2.45, 2.75) is 53.1 Å². The van der Waals surface area contributed by atoms with Crippen molar-refractivity contribution in [2.24, 2.45) is 11.3 Å². The lowest BCUT2D eigenvalue weighted by molar-refractivity contribution is -0.199. The number of carbonyl (C=O) groups excluding carboxylic acids is 1. The summed E-state index contributed by atoms with van der Waals surface area (Å²) in [5, 5.41) is 0. The summed E-state index contributed by atoms with van der Waals surface area (Å²) in [5.41, 5.74) is 0.103. The molecule has 13 heavy (non-hydrogen) atoms. The van der Waals surface area contributed by atoms with Gasteiger partial charge in [-0.3, -0.25) is 4.79 Å². The molecule has 0 amide bonds. The highest BCUT2D eigenvalue weighted by Crippen LogP contribution is 2.38. The molecule has 1 aliphatic heterocycles. The van der Waals surface area contributed by atoms with Crippen LogP contribution in [0.4, 0.5) is 0 Å². The van der Waals surface area contributed by atoms with E-state index in [1.165, 1.54) is 0 Å². The molecule has 1 heterocycles. The van der Waals surface area contributed by atoms with E-state index in [2.05, 4.69) is 27.7 Å². The summed E-state index contributed by atoms with van der Waals surface area (Å²) < 4.78 is 5.17. The van der Waals surface area contributed by atoms with E-state index in [-0.39, 0.29) is 23.4 Å². The van der Waals surface area contributed by atoms with Crippen molar-refractivity contribution in [2.75, 3.05) is 0 Å². The third kappa shape index (κ3) is 2.23. The number of cyclic esters (lactones) is 1. The predicted molar refractivity (Wildman–Crippen MR) is 52.4 cm³/mol. The smallest absolute Gasteiger partial charge is 0.313 e. The Labute approximate surface area is 80.7 Å². The van der Waals surface area contributed by atoms with Crippen LogP contribution in [0.1, 0.15) is 47.0 Å². The zero-order valence-electron chi connectivity index (χ0n) is 9.09. The largest absolute Gasteiger partial charge is 0.461 e. The third-order valence-electron chi connectivity index (χ3n) is 2.63. The third-order valence-corrected chi connectivity index (χ3v) is 2.63. The quantitative estimate of drug-likeness (QED) is 0.630. The number of esters is 1. The van der Waals surface area contributed by atoms with E-state index in [4.69, 9.17) is 4.74 Å². The Balaban J connectivity index is 2.46. The Hall–Kier alpha value is -0.530. The van der Waals surface area contributed by atoms with Crippen LogP contribution in [0.15, 0.2) is 0 Å². The number of rotatable bonds is 3. The molecule has 0 aromatic carbocycles. The fourth-order valence-corrected chi connectivity index (χ4v) is 1.82. The molecule has 0 aromatic heterocycles. The summed E-state index contributed by atoms with van der Waals surface area (Å²) in [6, 6.07) is 0. The second kappa shape index (κ2) is 3.69. The molecule has 0 aliphatic carbocycles. The van der Waals surface area contributed by atoms with Gasteiger partial charge < -0.3 is 4.74 Å². The Morgan fingerprint density at radius 3 is 2.38 bits per heavy atom. The molecule has 0 radical (unpaired) electrons. The molecule has 1 aliphatic rings. The van der Waals surface area contributed by atoms with Crippen molar-refractivity contribution in [1.29, 1.82) is 0 Å². The molecule has 1 saturated heterocycles. The normalized spacial score (nSPS) is 28.2. The van der Waals surface area contributed by atoms with Crippen molar-refractivity contribution in [3.8, 4) is 0 Å². The van der Waals surface area contributed by atoms with Crippen molar-refractivity contribution < 1.29 is 9.53 Å². The van der Waals surface area contributed by atoms with E-state index >= 15 is 0 Å². The fourth-order valence-electron chi connectivity index (χ4n) is 1.82. The lowest BCUT2D eigenvalue weighted by Crippen LogP contribution is -2.52. The number of hydrogen-bond donors (Lipinski definition) is 0. The van der Waals surface area contributed by atoms with Crippen molar-refractivity contribution >= 4 is 5.97 Å². The van der Waals surface area contributed by atoms with E-state index in [9.17, 15) is 4.79 Å². The lowest BCUT2D eigenvalue weighted by Gasteiger charge is -2.43. The summed E-state index contributed by atoms with van der Waals surface area (Å²) in [7, 11) is 0. The highest BCUT2D eigenvalue weighted by atomic mass is 16.6. The Morgan fingerprint density at radius 2 is 2.00 bits per heavy atom. The van der Waals surface area contributed by atoms with Gasteiger partial charge in [-0.05, 0) is 11.8 Å². The van der Waals surface area contributed by atoms with Crippen LogP contribution in [0, 0.1) is 11.3 Å². The number of unbranched alkanes of at least 4 members (excludes halogenated alkanes) is 1. The number of carbonyl (C=O) groups is 1. The van der Waals surface area contributed by atoms with Gasteiger partial charge in [0.15, 0.2) is 0 Å². The van der Waals surface area contributed by atoms with Gasteiger partial charge in [0.25, 0.3) is 0 Å². The summed E-state index contributed by atoms with van der Waals surface area (Å²) >= 11 is 0. The number of hydrogen-bond acceptors (Lipinski definition) is 2. The highest BCUT2D eigenvalue weighted by molar-refractivity contribution is 5.78. The molecule has 2 nitrogen and oxygen atoms in total. The molecule has 76 valence electrons. The minimum atomic E-state index is 0.00775. The van der Waals surface area contributed by atoms with E-state index in [1.54, 1.807) is 0 Å². The van der Waals surface area contributed by atoms with Gasteiger partial charge in [0.1, 0.15) is 6.10 Å². The summed E-state index contributed by atoms with van der Waals surface area (Å²) in [6.45, 7) is 8.53. The van der Waals surface area contributed by atoms with Gasteiger partial charge in [-0.1, -0.05) is 40.5 Å². The van der Waals surface area contributed by atoms with Crippen LogP contribution in [0.25, 0.3) is 0 Å². The minimum Gasteiger partial charge on any atom is -0.461 e. The molecule has 2 atom stereocenters. The van der Waals surface area contributed by atoms with Crippen LogP contribution in [-0.4, -0.2) is 12.1 Å². The monoisotopic (exact) mass is 184 g/mol. The molecule has 0 aromatic rings. The van der Waals surface area contributed by atoms with Gasteiger partial charge in [0, 0.05) is 0 Å². The second-order valence-electron chi connectivity index (χ2n) is 4.97. The average molecular weight is 184 g/mol. The van der Waals surface area contributed by atoms with Gasteiger partial charge in [-0.25, -0.2) is 0 Å². The first-order chi connectivity index (χ1) is 5.96. The van der Waals surface area contributed by atoms with E-state index in [0.29, 0.717) is 0 Å². The SMILES string of the molecule is CCCC[C@@H]1C(=O)O[C@H]1C(C)(C)C. The van der Waals surface area contributed by atoms with E-state index in [1.807, 2.05) is 0 Å². The van der Waals surface area contributed by atoms with Crippen molar-refractivity contribution in [3.05, 3.63) is 0 Å². The van der Waals surface area contributed by atoms with Gasteiger partial charge in [0.2, 0.25) is 0 Å². The van der Waals surface area contributed by atoms with Crippen LogP contribution in [0.5, 0.6) is 0 Å². The maximum absolute atomic E-state index is 11.2. The van der Waals surface area contributed by atoms with Crippen LogP contribution in [0.3, 0.4) is 0 Å². The number of ether oxygens (including phenoxy) is 1. The van der Waals surface area contributed by atoms with E-state index in [0.717, 1.165) is 19.3 Å². The molecule has 1 fully saturated rings. The fraction of sp³-hybridized carbons (Fsp3) is 0.909. The zero-order valence-corrected chi connectivity index (χ0v) is 9.09. The second-order valence-corrected chi connectivity index (χ2v) is 4.97. The molecule has 0 N–H and O–H groups in total. The molecule has 0 bridgehead atoms. The van der Waals surface area contributed by atoms with Gasteiger partial charge in [-0.15, -0.1) is 0 Å². The first-order valence-corrected chi connectivity index (χ1v) is 5.17. The van der Waals surface area contributed by atoms with Crippen LogP contribution < -0.4 is 0 Å². The molecular weight excluding hydrogens is 164 g/mol. The van der Waals surface area contributed by atoms with Crippen LogP contribution in [-0.2, 0) is 9.53 Å². The Kier molecular flexibility index (Phi) is 2.99. The lowest BCUT2D eigenvalue weighted by atomic mass is 9.76. The maximum Gasteiger partial charge on any atom is 0.313 e. The van der Waals surface area contributed by atoms with Crippen LogP contribution in [0.2, 0.25) is 0 Å². The Morgan fingerprint density at radius 1 is 1.38 bits per heavy atom. The van der Waals surface area contributed by atoms with Gasteiger partial charge in [0.05, 0.1) is 5.92 Å². The minimum absolute atomic E-state index is 0.00775. The average Bonchev–Trinajstić information content (AvgIpc) is 1.99. The molecule has 0 spiro atoms. The van der Waals surface area contributed by atoms with Crippen molar-refractivity contribution in [3.63, 3.8) is 0 Å². The first-order valence-electron chi connectivity index (χ1n) is 5.17. The van der Waals surface area contributed by atoms with E-state index < -0.39 is 0 Å². The molecule has 1 rings (SSSR count). The molecule has 0 unspecified atom stereocenters. The van der Waals surface area contributed by atoms with Gasteiger partial charge >= 0.3 is 5.97 Å². The van der Waals surface area contributed by atoms with Gasteiger partial charge in [-0.2, -0.15) is 0 Å². The summed E-state index contributed by atoms with van der Waals surface area (Å²) in [5.74, 6) is 0.174.